The van der Waals surface area contributed by atoms with E-state index in [1.165, 1.54) is 11.1 Å². The first-order chi connectivity index (χ1) is 10.2. The van der Waals surface area contributed by atoms with E-state index >= 15 is 0 Å². The van der Waals surface area contributed by atoms with Gasteiger partial charge < -0.3 is 15.4 Å². The Morgan fingerprint density at radius 2 is 1.67 bits per heavy atom. The van der Waals surface area contributed by atoms with Gasteiger partial charge in [0.1, 0.15) is 5.75 Å². The number of benzene rings is 2. The predicted octanol–water partition coefficient (Wildman–Crippen LogP) is 3.87. The van der Waals surface area contributed by atoms with Crippen LogP contribution in [0.4, 0.5) is 11.4 Å². The second-order valence-corrected chi connectivity index (χ2v) is 5.15. The Hall–Kier alpha value is -2.16. The number of para-hydroxylation sites is 1. The van der Waals surface area contributed by atoms with Crippen LogP contribution in [0, 0.1) is 0 Å². The highest BCUT2D eigenvalue weighted by Crippen LogP contribution is 2.32. The van der Waals surface area contributed by atoms with Gasteiger partial charge in [0.15, 0.2) is 0 Å². The van der Waals surface area contributed by atoms with Crippen molar-refractivity contribution in [2.45, 2.75) is 26.8 Å². The van der Waals surface area contributed by atoms with E-state index in [2.05, 4.69) is 43.1 Å². The van der Waals surface area contributed by atoms with Crippen molar-refractivity contribution >= 4 is 11.4 Å². The fourth-order valence-corrected chi connectivity index (χ4v) is 2.39. The molecular weight excluding hydrogens is 260 g/mol. The van der Waals surface area contributed by atoms with Crippen LogP contribution in [-0.4, -0.2) is 13.7 Å². The molecule has 2 aromatic carbocycles. The molecule has 0 unspecified atom stereocenters. The van der Waals surface area contributed by atoms with Gasteiger partial charge in [-0.05, 0) is 36.6 Å². The van der Waals surface area contributed by atoms with Crippen LogP contribution in [0.1, 0.15) is 25.0 Å². The van der Waals surface area contributed by atoms with Crippen LogP contribution in [0.3, 0.4) is 0 Å². The SMILES string of the molecule is CCOc1cccc(N(C)Cc2ccc(CC)cc2)c1N. The standard InChI is InChI=1S/C18H24N2O/c1-4-14-9-11-15(12-10-14)13-20(3)16-7-6-8-17(18(16)19)21-5-2/h6-12H,4-5,13,19H2,1-3H3. The number of nitrogens with two attached hydrogens (primary N) is 1. The Morgan fingerprint density at radius 3 is 2.29 bits per heavy atom. The summed E-state index contributed by atoms with van der Waals surface area (Å²) in [6.45, 7) is 5.58. The van der Waals surface area contributed by atoms with Crippen molar-refractivity contribution in [3.63, 3.8) is 0 Å². The van der Waals surface area contributed by atoms with Crippen molar-refractivity contribution in [1.82, 2.24) is 0 Å². The Kier molecular flexibility index (Phi) is 5.09. The minimum atomic E-state index is 0.621. The molecule has 0 amide bonds. The van der Waals surface area contributed by atoms with Crippen LogP contribution in [-0.2, 0) is 13.0 Å². The molecule has 2 aromatic rings. The Labute approximate surface area is 127 Å². The highest BCUT2D eigenvalue weighted by Gasteiger charge is 2.10. The molecule has 112 valence electrons. The molecule has 0 spiro atoms. The van der Waals surface area contributed by atoms with Crippen LogP contribution < -0.4 is 15.4 Å². The van der Waals surface area contributed by atoms with Crippen LogP contribution in [0.15, 0.2) is 42.5 Å². The summed E-state index contributed by atoms with van der Waals surface area (Å²) in [6.07, 6.45) is 1.07. The largest absolute Gasteiger partial charge is 0.492 e. The normalized spacial score (nSPS) is 10.4. The summed E-state index contributed by atoms with van der Waals surface area (Å²) in [5, 5.41) is 0. The number of hydrogen-bond donors (Lipinski definition) is 1. The minimum Gasteiger partial charge on any atom is -0.492 e. The van der Waals surface area contributed by atoms with E-state index in [1.54, 1.807) is 0 Å². The third kappa shape index (κ3) is 3.69. The summed E-state index contributed by atoms with van der Waals surface area (Å²) >= 11 is 0. The zero-order valence-electron chi connectivity index (χ0n) is 13.1. The number of hydrogen-bond acceptors (Lipinski definition) is 3. The molecule has 0 heterocycles. The van der Waals surface area contributed by atoms with Gasteiger partial charge in [-0.2, -0.15) is 0 Å². The van der Waals surface area contributed by atoms with Crippen molar-refractivity contribution in [3.05, 3.63) is 53.6 Å². The molecule has 3 heteroatoms. The van der Waals surface area contributed by atoms with E-state index in [1.807, 2.05) is 25.1 Å². The Morgan fingerprint density at radius 1 is 1.00 bits per heavy atom. The van der Waals surface area contributed by atoms with E-state index in [0.717, 1.165) is 24.4 Å². The lowest BCUT2D eigenvalue weighted by atomic mass is 10.1. The summed E-state index contributed by atoms with van der Waals surface area (Å²) in [6, 6.07) is 14.6. The smallest absolute Gasteiger partial charge is 0.144 e. The van der Waals surface area contributed by atoms with E-state index < -0.39 is 0 Å². The maximum atomic E-state index is 6.20. The third-order valence-electron chi connectivity index (χ3n) is 3.61. The average Bonchev–Trinajstić information content (AvgIpc) is 2.50. The molecule has 0 aliphatic rings. The number of nitrogen functional groups attached to an aromatic ring is 1. The van der Waals surface area contributed by atoms with Crippen molar-refractivity contribution in [1.29, 1.82) is 0 Å². The Balaban J connectivity index is 2.15. The maximum absolute atomic E-state index is 6.20. The summed E-state index contributed by atoms with van der Waals surface area (Å²) in [5.41, 5.74) is 10.5. The van der Waals surface area contributed by atoms with Crippen molar-refractivity contribution in [3.8, 4) is 5.75 Å². The highest BCUT2D eigenvalue weighted by molar-refractivity contribution is 5.73. The molecule has 2 rings (SSSR count). The van der Waals surface area contributed by atoms with Gasteiger partial charge in [-0.15, -0.1) is 0 Å². The maximum Gasteiger partial charge on any atom is 0.144 e. The fraction of sp³-hybridized carbons (Fsp3) is 0.333. The molecule has 0 aliphatic carbocycles. The zero-order chi connectivity index (χ0) is 15.2. The lowest BCUT2D eigenvalue weighted by Gasteiger charge is -2.22. The summed E-state index contributed by atoms with van der Waals surface area (Å²) < 4.78 is 5.56. The van der Waals surface area contributed by atoms with Gasteiger partial charge >= 0.3 is 0 Å². The first-order valence-corrected chi connectivity index (χ1v) is 7.46. The monoisotopic (exact) mass is 284 g/mol. The van der Waals surface area contributed by atoms with Gasteiger partial charge in [0.05, 0.1) is 18.0 Å². The van der Waals surface area contributed by atoms with Gasteiger partial charge in [-0.1, -0.05) is 37.3 Å². The second-order valence-electron chi connectivity index (χ2n) is 5.15. The third-order valence-corrected chi connectivity index (χ3v) is 3.61. The summed E-state index contributed by atoms with van der Waals surface area (Å²) in [5.74, 6) is 0.753. The Bertz CT molecular complexity index is 578. The van der Waals surface area contributed by atoms with Crippen LogP contribution in [0.25, 0.3) is 0 Å². The topological polar surface area (TPSA) is 38.5 Å². The molecule has 0 aromatic heterocycles. The van der Waals surface area contributed by atoms with Crippen LogP contribution >= 0.6 is 0 Å². The number of rotatable bonds is 6. The van der Waals surface area contributed by atoms with Crippen molar-refractivity contribution in [2.24, 2.45) is 0 Å². The minimum absolute atomic E-state index is 0.621. The molecule has 2 N–H and O–H groups in total. The first kappa shape index (κ1) is 15.2. The van der Waals surface area contributed by atoms with E-state index in [-0.39, 0.29) is 0 Å². The lowest BCUT2D eigenvalue weighted by molar-refractivity contribution is 0.342. The van der Waals surface area contributed by atoms with E-state index in [0.29, 0.717) is 12.3 Å². The molecule has 21 heavy (non-hydrogen) atoms. The van der Waals surface area contributed by atoms with Crippen LogP contribution in [0.5, 0.6) is 5.75 Å². The van der Waals surface area contributed by atoms with Gasteiger partial charge in [-0.3, -0.25) is 0 Å². The second kappa shape index (κ2) is 7.02. The molecule has 0 fully saturated rings. The summed E-state index contributed by atoms with van der Waals surface area (Å²) in [7, 11) is 2.05. The number of nitrogens with zero attached hydrogens (tertiary/aromatic N) is 1. The van der Waals surface area contributed by atoms with Gasteiger partial charge in [-0.25, -0.2) is 0 Å². The lowest BCUT2D eigenvalue weighted by Crippen LogP contribution is -2.18. The van der Waals surface area contributed by atoms with Gasteiger partial charge in [0.25, 0.3) is 0 Å². The molecule has 0 bridgehead atoms. The zero-order valence-corrected chi connectivity index (χ0v) is 13.1. The van der Waals surface area contributed by atoms with Crippen molar-refractivity contribution < 1.29 is 4.74 Å². The van der Waals surface area contributed by atoms with E-state index in [9.17, 15) is 0 Å². The predicted molar refractivity (Wildman–Crippen MR) is 90.0 cm³/mol. The molecule has 0 atom stereocenters. The number of anilines is 2. The van der Waals surface area contributed by atoms with Crippen LogP contribution in [0.2, 0.25) is 0 Å². The molecule has 0 radical (unpaired) electrons. The van der Waals surface area contributed by atoms with Gasteiger partial charge in [0.2, 0.25) is 0 Å². The molecule has 0 saturated carbocycles. The molecule has 0 aliphatic heterocycles. The summed E-state index contributed by atoms with van der Waals surface area (Å²) in [4.78, 5) is 2.15. The average molecular weight is 284 g/mol. The number of ether oxygens (including phenoxy) is 1. The molecule has 0 saturated heterocycles. The number of aryl methyl sites for hydroxylation is 1. The van der Waals surface area contributed by atoms with Gasteiger partial charge in [0, 0.05) is 13.6 Å². The molecule has 3 nitrogen and oxygen atoms in total. The fourth-order valence-electron chi connectivity index (χ4n) is 2.39. The highest BCUT2D eigenvalue weighted by atomic mass is 16.5. The quantitative estimate of drug-likeness (QED) is 0.818. The van der Waals surface area contributed by atoms with E-state index in [4.69, 9.17) is 10.5 Å². The molecular formula is C18H24N2O. The van der Waals surface area contributed by atoms with Crippen molar-refractivity contribution in [2.75, 3.05) is 24.3 Å². The first-order valence-electron chi connectivity index (χ1n) is 7.46.